The lowest BCUT2D eigenvalue weighted by Crippen LogP contribution is -2.24. The summed E-state index contributed by atoms with van der Waals surface area (Å²) in [5.74, 6) is 0.182. The van der Waals surface area contributed by atoms with Crippen molar-refractivity contribution in [2.45, 2.75) is 19.9 Å². The van der Waals surface area contributed by atoms with Gasteiger partial charge in [-0.3, -0.25) is 9.48 Å². The van der Waals surface area contributed by atoms with E-state index in [9.17, 15) is 4.79 Å². The number of anilines is 2. The summed E-state index contributed by atoms with van der Waals surface area (Å²) in [6, 6.07) is 6.16. The zero-order valence-corrected chi connectivity index (χ0v) is 12.2. The van der Waals surface area contributed by atoms with E-state index in [1.165, 1.54) is 11.1 Å². The average Bonchev–Trinajstić information content (AvgIpc) is 2.73. The summed E-state index contributed by atoms with van der Waals surface area (Å²) in [5.41, 5.74) is 10.1. The molecule has 2 aromatic rings. The number of benzene rings is 1. The van der Waals surface area contributed by atoms with Crippen molar-refractivity contribution in [1.82, 2.24) is 15.1 Å². The number of amides is 1. The maximum absolute atomic E-state index is 11.7. The molecule has 3 rings (SSSR count). The minimum Gasteiger partial charge on any atom is -0.365 e. The first kappa shape index (κ1) is 13.6. The van der Waals surface area contributed by atoms with Crippen molar-refractivity contribution in [3.05, 3.63) is 40.6 Å². The van der Waals surface area contributed by atoms with Crippen molar-refractivity contribution in [1.29, 1.82) is 0 Å². The van der Waals surface area contributed by atoms with Gasteiger partial charge < -0.3 is 16.4 Å². The van der Waals surface area contributed by atoms with Crippen molar-refractivity contribution in [3.8, 4) is 0 Å². The highest BCUT2D eigenvalue weighted by Crippen LogP contribution is 2.28. The smallest absolute Gasteiger partial charge is 0.254 e. The van der Waals surface area contributed by atoms with Crippen LogP contribution >= 0.6 is 0 Å². The molecule has 0 unspecified atom stereocenters. The summed E-state index contributed by atoms with van der Waals surface area (Å²) < 4.78 is 1.66. The van der Waals surface area contributed by atoms with E-state index < -0.39 is 5.91 Å². The first-order chi connectivity index (χ1) is 10.1. The molecule has 6 heteroatoms. The van der Waals surface area contributed by atoms with Gasteiger partial charge >= 0.3 is 0 Å². The second-order valence-electron chi connectivity index (χ2n) is 5.29. The Morgan fingerprint density at radius 2 is 2.29 bits per heavy atom. The van der Waals surface area contributed by atoms with E-state index in [4.69, 9.17) is 5.73 Å². The Morgan fingerprint density at radius 1 is 1.48 bits per heavy atom. The van der Waals surface area contributed by atoms with E-state index in [1.807, 2.05) is 12.1 Å². The predicted molar refractivity (Wildman–Crippen MR) is 81.6 cm³/mol. The first-order valence-corrected chi connectivity index (χ1v) is 7.00. The number of rotatable bonds is 3. The Bertz CT molecular complexity index is 704. The molecule has 0 saturated carbocycles. The van der Waals surface area contributed by atoms with Crippen LogP contribution in [-0.2, 0) is 20.0 Å². The number of primary amides is 1. The third kappa shape index (κ3) is 2.38. The minimum atomic E-state index is -0.463. The summed E-state index contributed by atoms with van der Waals surface area (Å²) in [4.78, 5) is 11.7. The quantitative estimate of drug-likeness (QED) is 0.791. The minimum absolute atomic E-state index is 0.448. The Morgan fingerprint density at radius 3 is 3.05 bits per heavy atom. The number of aromatic nitrogens is 2. The van der Waals surface area contributed by atoms with Gasteiger partial charge in [0.2, 0.25) is 0 Å². The van der Waals surface area contributed by atoms with Crippen LogP contribution in [-0.4, -0.2) is 22.2 Å². The Labute approximate surface area is 123 Å². The van der Waals surface area contributed by atoms with Gasteiger partial charge in [-0.15, -0.1) is 0 Å². The standard InChI is InChI=1S/C15H19N5O/c1-9-13(14(16)21)15(20(2)19-9)18-12-5-3-4-10-8-17-7-6-11(10)12/h3-5,17-18H,6-8H2,1-2H3,(H2,16,21). The molecule has 2 heterocycles. The van der Waals surface area contributed by atoms with E-state index in [-0.39, 0.29) is 0 Å². The summed E-state index contributed by atoms with van der Waals surface area (Å²) in [7, 11) is 1.80. The average molecular weight is 285 g/mol. The Kier molecular flexibility index (Phi) is 3.39. The highest BCUT2D eigenvalue weighted by molar-refractivity contribution is 5.99. The lowest BCUT2D eigenvalue weighted by Gasteiger charge is -2.21. The van der Waals surface area contributed by atoms with Crippen LogP contribution in [0.25, 0.3) is 0 Å². The van der Waals surface area contributed by atoms with Gasteiger partial charge in [0, 0.05) is 19.3 Å². The number of hydrogen-bond donors (Lipinski definition) is 3. The summed E-state index contributed by atoms with van der Waals surface area (Å²) >= 11 is 0. The van der Waals surface area contributed by atoms with E-state index in [0.717, 1.165) is 25.2 Å². The van der Waals surface area contributed by atoms with Crippen LogP contribution in [0.3, 0.4) is 0 Å². The molecule has 0 fully saturated rings. The SMILES string of the molecule is Cc1nn(C)c(Nc2cccc3c2CCNC3)c1C(N)=O. The first-order valence-electron chi connectivity index (χ1n) is 7.00. The van der Waals surface area contributed by atoms with Crippen LogP contribution < -0.4 is 16.4 Å². The second kappa shape index (κ2) is 5.21. The van der Waals surface area contributed by atoms with Crippen LogP contribution in [0.5, 0.6) is 0 Å². The third-order valence-electron chi connectivity index (χ3n) is 3.86. The van der Waals surface area contributed by atoms with E-state index in [1.54, 1.807) is 18.7 Å². The van der Waals surface area contributed by atoms with Gasteiger partial charge in [-0.25, -0.2) is 0 Å². The van der Waals surface area contributed by atoms with Gasteiger partial charge in [-0.1, -0.05) is 12.1 Å². The van der Waals surface area contributed by atoms with Crippen LogP contribution in [0.15, 0.2) is 18.2 Å². The molecule has 1 amide bonds. The number of nitrogens with one attached hydrogen (secondary N) is 2. The summed E-state index contributed by atoms with van der Waals surface area (Å²) in [5, 5.41) is 11.0. The molecule has 0 bridgehead atoms. The molecule has 1 aromatic carbocycles. The fraction of sp³-hybridized carbons (Fsp3) is 0.333. The zero-order valence-electron chi connectivity index (χ0n) is 12.2. The monoisotopic (exact) mass is 285 g/mol. The van der Waals surface area contributed by atoms with E-state index >= 15 is 0 Å². The molecule has 1 aliphatic heterocycles. The van der Waals surface area contributed by atoms with E-state index in [2.05, 4.69) is 21.8 Å². The normalized spacial score (nSPS) is 13.8. The number of carbonyl (C=O) groups is 1. The number of aryl methyl sites for hydroxylation is 2. The van der Waals surface area contributed by atoms with Gasteiger partial charge in [-0.2, -0.15) is 5.10 Å². The number of hydrogen-bond acceptors (Lipinski definition) is 4. The highest BCUT2D eigenvalue weighted by Gasteiger charge is 2.20. The molecule has 110 valence electrons. The van der Waals surface area contributed by atoms with Gasteiger partial charge in [-0.05, 0) is 37.1 Å². The molecule has 0 radical (unpaired) electrons. The topological polar surface area (TPSA) is 85.0 Å². The van der Waals surface area contributed by atoms with Gasteiger partial charge in [0.1, 0.15) is 11.4 Å². The van der Waals surface area contributed by atoms with Gasteiger partial charge in [0.25, 0.3) is 5.91 Å². The number of nitrogens with two attached hydrogens (primary N) is 1. The van der Waals surface area contributed by atoms with Gasteiger partial charge in [0.05, 0.1) is 5.69 Å². The molecule has 0 saturated heterocycles. The maximum atomic E-state index is 11.7. The number of carbonyl (C=O) groups excluding carboxylic acids is 1. The highest BCUT2D eigenvalue weighted by atomic mass is 16.1. The molecule has 6 nitrogen and oxygen atoms in total. The van der Waals surface area contributed by atoms with E-state index in [0.29, 0.717) is 17.1 Å². The van der Waals surface area contributed by atoms with Crippen LogP contribution in [0.2, 0.25) is 0 Å². The van der Waals surface area contributed by atoms with Crippen molar-refractivity contribution in [2.24, 2.45) is 12.8 Å². The van der Waals surface area contributed by atoms with Crippen molar-refractivity contribution in [3.63, 3.8) is 0 Å². The molecule has 21 heavy (non-hydrogen) atoms. The van der Waals surface area contributed by atoms with Crippen LogP contribution in [0, 0.1) is 6.92 Å². The molecule has 1 aliphatic rings. The molecule has 0 atom stereocenters. The lowest BCUT2D eigenvalue weighted by atomic mass is 9.99. The molecule has 1 aromatic heterocycles. The molecule has 0 spiro atoms. The number of nitrogens with zero attached hydrogens (tertiary/aromatic N) is 2. The summed E-state index contributed by atoms with van der Waals surface area (Å²) in [6.07, 6.45) is 0.960. The predicted octanol–water partition coefficient (Wildman–Crippen LogP) is 1.22. The second-order valence-corrected chi connectivity index (χ2v) is 5.29. The maximum Gasteiger partial charge on any atom is 0.254 e. The Hall–Kier alpha value is -2.34. The largest absolute Gasteiger partial charge is 0.365 e. The van der Waals surface area contributed by atoms with Crippen molar-refractivity contribution >= 4 is 17.4 Å². The zero-order chi connectivity index (χ0) is 15.0. The van der Waals surface area contributed by atoms with Gasteiger partial charge in [0.15, 0.2) is 0 Å². The fourth-order valence-corrected chi connectivity index (χ4v) is 2.87. The number of fused-ring (bicyclic) bond motifs is 1. The summed E-state index contributed by atoms with van der Waals surface area (Å²) in [6.45, 7) is 3.62. The fourth-order valence-electron chi connectivity index (χ4n) is 2.87. The Balaban J connectivity index is 2.04. The molecular weight excluding hydrogens is 266 g/mol. The van der Waals surface area contributed by atoms with Crippen LogP contribution in [0.4, 0.5) is 11.5 Å². The molecule has 0 aliphatic carbocycles. The van der Waals surface area contributed by atoms with Crippen molar-refractivity contribution in [2.75, 3.05) is 11.9 Å². The molecular formula is C15H19N5O. The third-order valence-corrected chi connectivity index (χ3v) is 3.86. The lowest BCUT2D eigenvalue weighted by molar-refractivity contribution is 0.100. The molecule has 4 N–H and O–H groups in total. The van der Waals surface area contributed by atoms with Crippen LogP contribution in [0.1, 0.15) is 27.2 Å². The van der Waals surface area contributed by atoms with Crippen molar-refractivity contribution < 1.29 is 4.79 Å².